The van der Waals surface area contributed by atoms with Crippen LogP contribution in [0.25, 0.3) is 0 Å². The zero-order valence-corrected chi connectivity index (χ0v) is 17.1. The number of likely N-dealkylation sites (tertiary alicyclic amines) is 1. The molecule has 152 valence electrons. The fourth-order valence-electron chi connectivity index (χ4n) is 3.30. The number of carbonyl (C=O) groups excluding carboxylic acids is 2. The summed E-state index contributed by atoms with van der Waals surface area (Å²) in [4.78, 5) is 26.8. The maximum absolute atomic E-state index is 12.9. The van der Waals surface area contributed by atoms with E-state index >= 15 is 0 Å². The molecule has 0 spiro atoms. The predicted octanol–water partition coefficient (Wildman–Crippen LogP) is 1.74. The highest BCUT2D eigenvalue weighted by Gasteiger charge is 2.42. The lowest BCUT2D eigenvalue weighted by atomic mass is 9.78. The number of aromatic nitrogens is 2. The molecule has 1 aromatic heterocycles. The van der Waals surface area contributed by atoms with Gasteiger partial charge in [0.2, 0.25) is 5.91 Å². The predicted molar refractivity (Wildman–Crippen MR) is 101 cm³/mol. The molecule has 1 aromatic rings. The molecule has 0 radical (unpaired) electrons. The molecule has 1 saturated heterocycles. The van der Waals surface area contributed by atoms with Gasteiger partial charge in [-0.25, -0.2) is 4.79 Å². The second-order valence-electron chi connectivity index (χ2n) is 8.13. The van der Waals surface area contributed by atoms with Crippen LogP contribution in [0.1, 0.15) is 39.3 Å². The summed E-state index contributed by atoms with van der Waals surface area (Å²) in [6, 6.07) is 1.94. The topological polar surface area (TPSA) is 85.7 Å². The van der Waals surface area contributed by atoms with E-state index in [0.717, 1.165) is 12.1 Å². The van der Waals surface area contributed by atoms with Gasteiger partial charge in [0.1, 0.15) is 5.60 Å². The van der Waals surface area contributed by atoms with E-state index in [0.29, 0.717) is 39.1 Å². The van der Waals surface area contributed by atoms with Crippen molar-refractivity contribution in [2.45, 2.75) is 45.6 Å². The van der Waals surface area contributed by atoms with Gasteiger partial charge < -0.3 is 19.7 Å². The van der Waals surface area contributed by atoms with Gasteiger partial charge in [-0.15, -0.1) is 0 Å². The molecule has 8 nitrogen and oxygen atoms in total. The van der Waals surface area contributed by atoms with Gasteiger partial charge in [0.15, 0.2) is 0 Å². The highest BCUT2D eigenvalue weighted by Crippen LogP contribution is 2.33. The van der Waals surface area contributed by atoms with Crippen molar-refractivity contribution in [1.82, 2.24) is 20.0 Å². The van der Waals surface area contributed by atoms with Crippen LogP contribution in [0, 0.1) is 5.41 Å². The van der Waals surface area contributed by atoms with E-state index in [9.17, 15) is 9.59 Å². The molecule has 2 amide bonds. The van der Waals surface area contributed by atoms with Gasteiger partial charge in [0.05, 0.1) is 12.0 Å². The Labute approximate surface area is 161 Å². The van der Waals surface area contributed by atoms with Gasteiger partial charge in [-0.05, 0) is 39.7 Å². The Morgan fingerprint density at radius 1 is 1.30 bits per heavy atom. The van der Waals surface area contributed by atoms with Gasteiger partial charge in [0.25, 0.3) is 0 Å². The van der Waals surface area contributed by atoms with E-state index in [2.05, 4.69) is 10.4 Å². The van der Waals surface area contributed by atoms with Crippen molar-refractivity contribution in [1.29, 1.82) is 0 Å². The van der Waals surface area contributed by atoms with Gasteiger partial charge in [-0.3, -0.25) is 9.48 Å². The van der Waals surface area contributed by atoms with Crippen LogP contribution in [-0.2, 0) is 27.7 Å². The molecule has 1 fully saturated rings. The molecule has 2 heterocycles. The van der Waals surface area contributed by atoms with Gasteiger partial charge in [0, 0.05) is 52.1 Å². The number of carbonyl (C=O) groups is 2. The Hall–Kier alpha value is -2.09. The molecular weight excluding hydrogens is 348 g/mol. The van der Waals surface area contributed by atoms with Crippen molar-refractivity contribution in [3.8, 4) is 0 Å². The lowest BCUT2D eigenvalue weighted by molar-refractivity contribution is -0.137. The van der Waals surface area contributed by atoms with E-state index in [4.69, 9.17) is 9.47 Å². The average molecular weight is 380 g/mol. The summed E-state index contributed by atoms with van der Waals surface area (Å²) in [7, 11) is 3.49. The van der Waals surface area contributed by atoms with Crippen LogP contribution in [0.3, 0.4) is 0 Å². The van der Waals surface area contributed by atoms with E-state index < -0.39 is 11.0 Å². The van der Waals surface area contributed by atoms with Crippen molar-refractivity contribution < 1.29 is 19.1 Å². The molecule has 0 aliphatic carbocycles. The highest BCUT2D eigenvalue weighted by molar-refractivity contribution is 5.83. The molecule has 1 N–H and O–H groups in total. The first-order valence-corrected chi connectivity index (χ1v) is 9.39. The first-order valence-electron chi connectivity index (χ1n) is 9.39. The summed E-state index contributed by atoms with van der Waals surface area (Å²) >= 11 is 0. The Morgan fingerprint density at radius 2 is 1.96 bits per heavy atom. The van der Waals surface area contributed by atoms with Crippen molar-refractivity contribution in [3.63, 3.8) is 0 Å². The van der Waals surface area contributed by atoms with Crippen LogP contribution in [0.2, 0.25) is 0 Å². The van der Waals surface area contributed by atoms with Crippen molar-refractivity contribution in [2.24, 2.45) is 12.5 Å². The number of rotatable bonds is 6. The van der Waals surface area contributed by atoms with Gasteiger partial charge in [-0.2, -0.15) is 5.10 Å². The second kappa shape index (κ2) is 8.73. The summed E-state index contributed by atoms with van der Waals surface area (Å²) in [6.45, 7) is 7.38. The smallest absolute Gasteiger partial charge is 0.410 e. The third kappa shape index (κ3) is 5.69. The van der Waals surface area contributed by atoms with Crippen molar-refractivity contribution in [3.05, 3.63) is 18.0 Å². The molecule has 8 heteroatoms. The Morgan fingerprint density at radius 3 is 2.48 bits per heavy atom. The summed E-state index contributed by atoms with van der Waals surface area (Å²) in [5, 5.41) is 7.16. The van der Waals surface area contributed by atoms with E-state index in [1.165, 1.54) is 0 Å². The maximum atomic E-state index is 12.9. The van der Waals surface area contributed by atoms with Crippen LogP contribution >= 0.6 is 0 Å². The fraction of sp³-hybridized carbons (Fsp3) is 0.737. The lowest BCUT2D eigenvalue weighted by Crippen LogP contribution is -2.53. The normalized spacial score (nSPS) is 16.9. The first-order chi connectivity index (χ1) is 12.7. The summed E-state index contributed by atoms with van der Waals surface area (Å²) < 4.78 is 12.6. The number of nitrogens with one attached hydrogen (secondary N) is 1. The van der Waals surface area contributed by atoms with E-state index in [1.54, 1.807) is 22.9 Å². The summed E-state index contributed by atoms with van der Waals surface area (Å²) in [5.74, 6) is -0.0182. The molecule has 0 unspecified atom stereocenters. The Balaban J connectivity index is 1.90. The SMILES string of the molecule is COCC1(C(=O)NCCc2ccnn2C)CCN(C(=O)OC(C)(C)C)CC1. The molecule has 27 heavy (non-hydrogen) atoms. The molecule has 0 bridgehead atoms. The minimum absolute atomic E-state index is 0.0182. The number of nitrogens with zero attached hydrogens (tertiary/aromatic N) is 3. The minimum Gasteiger partial charge on any atom is -0.444 e. The molecule has 1 aliphatic heterocycles. The van der Waals surface area contributed by atoms with Gasteiger partial charge >= 0.3 is 6.09 Å². The Bertz CT molecular complexity index is 642. The third-order valence-corrected chi connectivity index (χ3v) is 4.86. The first kappa shape index (κ1) is 21.2. The molecular formula is C19H32N4O4. The highest BCUT2D eigenvalue weighted by atomic mass is 16.6. The van der Waals surface area contributed by atoms with Crippen LogP contribution in [0.4, 0.5) is 4.79 Å². The molecule has 0 saturated carbocycles. The number of hydrogen-bond donors (Lipinski definition) is 1. The van der Waals surface area contributed by atoms with Crippen LogP contribution in [-0.4, -0.2) is 65.6 Å². The third-order valence-electron chi connectivity index (χ3n) is 4.86. The lowest BCUT2D eigenvalue weighted by Gasteiger charge is -2.40. The number of methoxy groups -OCH3 is 1. The summed E-state index contributed by atoms with van der Waals surface area (Å²) in [6.07, 6.45) is 3.24. The number of hydrogen-bond acceptors (Lipinski definition) is 5. The molecule has 2 rings (SSSR count). The standard InChI is InChI=1S/C19H32N4O4/c1-18(2,3)27-17(25)23-12-8-19(9-13-23,14-26-5)16(24)20-10-6-15-7-11-21-22(15)4/h7,11H,6,8-10,12-14H2,1-5H3,(H,20,24). The zero-order valence-electron chi connectivity index (χ0n) is 17.1. The van der Waals surface area contributed by atoms with Crippen LogP contribution in [0.5, 0.6) is 0 Å². The largest absolute Gasteiger partial charge is 0.444 e. The van der Waals surface area contributed by atoms with Crippen molar-refractivity contribution >= 4 is 12.0 Å². The van der Waals surface area contributed by atoms with Gasteiger partial charge in [-0.1, -0.05) is 0 Å². The Kier molecular flexibility index (Phi) is 6.86. The summed E-state index contributed by atoms with van der Waals surface area (Å²) in [5.41, 5.74) is -0.0723. The van der Waals surface area contributed by atoms with Crippen LogP contribution < -0.4 is 5.32 Å². The monoisotopic (exact) mass is 380 g/mol. The van der Waals surface area contributed by atoms with E-state index in [-0.39, 0.29) is 12.0 Å². The average Bonchev–Trinajstić information content (AvgIpc) is 2.99. The number of ether oxygens (including phenoxy) is 2. The second-order valence-corrected chi connectivity index (χ2v) is 8.13. The molecule has 0 aromatic carbocycles. The van der Waals surface area contributed by atoms with Crippen molar-refractivity contribution in [2.75, 3.05) is 33.4 Å². The van der Waals surface area contributed by atoms with Crippen LogP contribution in [0.15, 0.2) is 12.3 Å². The molecule has 1 aliphatic rings. The van der Waals surface area contributed by atoms with E-state index in [1.807, 2.05) is 33.9 Å². The number of piperidine rings is 1. The molecule has 0 atom stereocenters. The maximum Gasteiger partial charge on any atom is 0.410 e. The quantitative estimate of drug-likeness (QED) is 0.812. The fourth-order valence-corrected chi connectivity index (χ4v) is 3.30. The minimum atomic E-state index is -0.611. The number of amides is 2. The number of aryl methyl sites for hydroxylation is 1. The zero-order chi connectivity index (χ0) is 20.1.